The summed E-state index contributed by atoms with van der Waals surface area (Å²) >= 11 is 0. The van der Waals surface area contributed by atoms with Crippen molar-refractivity contribution in [1.82, 2.24) is 10.2 Å². The molecule has 1 saturated heterocycles. The molecule has 1 heterocycles. The van der Waals surface area contributed by atoms with Crippen molar-refractivity contribution in [2.75, 3.05) is 26.7 Å². The van der Waals surface area contributed by atoms with Gasteiger partial charge in [0.05, 0.1) is 12.2 Å². The molecule has 0 saturated carbocycles. The molecule has 108 valence electrons. The molecule has 1 N–H and O–H groups in total. The second kappa shape index (κ2) is 6.36. The first-order chi connectivity index (χ1) is 8.20. The molecular weight excluding hydrogens is 224 g/mol. The zero-order valence-corrected chi connectivity index (χ0v) is 13.3. The summed E-state index contributed by atoms with van der Waals surface area (Å²) in [6.07, 6.45) is 0.805. The SMILES string of the molecule is CC1OC(C)C(CN(C)CCNC(C)(C)C)C1C. The minimum absolute atomic E-state index is 0.215. The van der Waals surface area contributed by atoms with E-state index in [0.29, 0.717) is 24.0 Å². The van der Waals surface area contributed by atoms with E-state index in [9.17, 15) is 0 Å². The Hall–Kier alpha value is -0.120. The van der Waals surface area contributed by atoms with E-state index in [2.05, 4.69) is 58.8 Å². The second-order valence-electron chi connectivity index (χ2n) is 7.01. The summed E-state index contributed by atoms with van der Waals surface area (Å²) in [5, 5.41) is 3.54. The maximum absolute atomic E-state index is 5.90. The largest absolute Gasteiger partial charge is 0.375 e. The van der Waals surface area contributed by atoms with Gasteiger partial charge in [0.15, 0.2) is 0 Å². The Kier molecular flexibility index (Phi) is 5.63. The van der Waals surface area contributed by atoms with E-state index in [0.717, 1.165) is 19.6 Å². The molecule has 0 bridgehead atoms. The van der Waals surface area contributed by atoms with Gasteiger partial charge in [-0.2, -0.15) is 0 Å². The highest BCUT2D eigenvalue weighted by atomic mass is 16.5. The van der Waals surface area contributed by atoms with Crippen LogP contribution in [0, 0.1) is 11.8 Å². The zero-order valence-electron chi connectivity index (χ0n) is 13.3. The first-order valence-corrected chi connectivity index (χ1v) is 7.29. The Bertz CT molecular complexity index is 249. The number of nitrogens with zero attached hydrogens (tertiary/aromatic N) is 1. The minimum atomic E-state index is 0.215. The van der Waals surface area contributed by atoms with Gasteiger partial charge in [-0.05, 0) is 47.6 Å². The van der Waals surface area contributed by atoms with Crippen LogP contribution < -0.4 is 5.32 Å². The van der Waals surface area contributed by atoms with Gasteiger partial charge < -0.3 is 15.0 Å². The summed E-state index contributed by atoms with van der Waals surface area (Å²) in [5.74, 6) is 1.33. The molecule has 0 spiro atoms. The molecule has 0 aliphatic carbocycles. The highest BCUT2D eigenvalue weighted by molar-refractivity contribution is 4.85. The lowest BCUT2D eigenvalue weighted by Crippen LogP contribution is -2.42. The Morgan fingerprint density at radius 3 is 2.17 bits per heavy atom. The van der Waals surface area contributed by atoms with Gasteiger partial charge in [0, 0.05) is 31.1 Å². The monoisotopic (exact) mass is 256 g/mol. The van der Waals surface area contributed by atoms with E-state index in [4.69, 9.17) is 4.74 Å². The first-order valence-electron chi connectivity index (χ1n) is 7.29. The molecular formula is C15H32N2O. The van der Waals surface area contributed by atoms with Crippen LogP contribution in [0.2, 0.25) is 0 Å². The average Bonchev–Trinajstić information content (AvgIpc) is 2.43. The second-order valence-corrected chi connectivity index (χ2v) is 7.01. The fourth-order valence-corrected chi connectivity index (χ4v) is 2.73. The Morgan fingerprint density at radius 1 is 1.11 bits per heavy atom. The molecule has 18 heavy (non-hydrogen) atoms. The molecule has 1 aliphatic heterocycles. The summed E-state index contributed by atoms with van der Waals surface area (Å²) in [6, 6.07) is 0. The van der Waals surface area contributed by atoms with E-state index >= 15 is 0 Å². The molecule has 0 amide bonds. The normalized spacial score (nSPS) is 33.3. The lowest BCUT2D eigenvalue weighted by Gasteiger charge is -2.27. The maximum Gasteiger partial charge on any atom is 0.0594 e. The summed E-state index contributed by atoms with van der Waals surface area (Å²) < 4.78 is 5.90. The molecule has 0 radical (unpaired) electrons. The van der Waals surface area contributed by atoms with Gasteiger partial charge in [0.2, 0.25) is 0 Å². The summed E-state index contributed by atoms with van der Waals surface area (Å²) in [5.41, 5.74) is 0.215. The van der Waals surface area contributed by atoms with Crippen LogP contribution in [-0.4, -0.2) is 49.3 Å². The number of rotatable bonds is 5. The van der Waals surface area contributed by atoms with E-state index in [1.165, 1.54) is 0 Å². The van der Waals surface area contributed by atoms with Crippen molar-refractivity contribution in [2.45, 2.75) is 59.3 Å². The molecule has 1 rings (SSSR count). The van der Waals surface area contributed by atoms with Crippen LogP contribution in [0.1, 0.15) is 41.5 Å². The van der Waals surface area contributed by atoms with E-state index in [-0.39, 0.29) is 5.54 Å². The van der Waals surface area contributed by atoms with Crippen LogP contribution in [0.25, 0.3) is 0 Å². The van der Waals surface area contributed by atoms with Crippen LogP contribution in [-0.2, 0) is 4.74 Å². The molecule has 4 atom stereocenters. The van der Waals surface area contributed by atoms with Crippen molar-refractivity contribution in [3.63, 3.8) is 0 Å². The summed E-state index contributed by atoms with van der Waals surface area (Å²) in [7, 11) is 2.22. The fourth-order valence-electron chi connectivity index (χ4n) is 2.73. The number of nitrogens with one attached hydrogen (secondary N) is 1. The molecule has 1 aliphatic rings. The summed E-state index contributed by atoms with van der Waals surface area (Å²) in [4.78, 5) is 2.43. The summed E-state index contributed by atoms with van der Waals surface area (Å²) in [6.45, 7) is 16.7. The van der Waals surface area contributed by atoms with Crippen molar-refractivity contribution in [2.24, 2.45) is 11.8 Å². The Balaban J connectivity index is 2.30. The van der Waals surface area contributed by atoms with Crippen LogP contribution in [0.3, 0.4) is 0 Å². The van der Waals surface area contributed by atoms with Gasteiger partial charge in [0.1, 0.15) is 0 Å². The first kappa shape index (κ1) is 15.9. The van der Waals surface area contributed by atoms with Crippen molar-refractivity contribution in [1.29, 1.82) is 0 Å². The van der Waals surface area contributed by atoms with Gasteiger partial charge in [0.25, 0.3) is 0 Å². The smallest absolute Gasteiger partial charge is 0.0594 e. The van der Waals surface area contributed by atoms with Crippen molar-refractivity contribution >= 4 is 0 Å². The Labute approximate surface area is 113 Å². The number of hydrogen-bond donors (Lipinski definition) is 1. The topological polar surface area (TPSA) is 24.5 Å². The van der Waals surface area contributed by atoms with Crippen LogP contribution in [0.15, 0.2) is 0 Å². The minimum Gasteiger partial charge on any atom is -0.375 e. The van der Waals surface area contributed by atoms with Crippen LogP contribution in [0.4, 0.5) is 0 Å². The van der Waals surface area contributed by atoms with Crippen molar-refractivity contribution < 1.29 is 4.74 Å². The number of likely N-dealkylation sites (N-methyl/N-ethyl adjacent to an activating group) is 1. The third kappa shape index (κ3) is 4.87. The maximum atomic E-state index is 5.90. The van der Waals surface area contributed by atoms with Gasteiger partial charge >= 0.3 is 0 Å². The van der Waals surface area contributed by atoms with Crippen molar-refractivity contribution in [3.8, 4) is 0 Å². The quantitative estimate of drug-likeness (QED) is 0.817. The zero-order chi connectivity index (χ0) is 13.9. The lowest BCUT2D eigenvalue weighted by molar-refractivity contribution is 0.0482. The van der Waals surface area contributed by atoms with E-state index in [1.54, 1.807) is 0 Å². The Morgan fingerprint density at radius 2 is 1.72 bits per heavy atom. The van der Waals surface area contributed by atoms with E-state index in [1.807, 2.05) is 0 Å². The number of hydrogen-bond acceptors (Lipinski definition) is 3. The van der Waals surface area contributed by atoms with Crippen LogP contribution >= 0.6 is 0 Å². The van der Waals surface area contributed by atoms with E-state index < -0.39 is 0 Å². The molecule has 0 aromatic rings. The molecule has 0 aromatic carbocycles. The highest BCUT2D eigenvalue weighted by Gasteiger charge is 2.37. The third-order valence-electron chi connectivity index (χ3n) is 4.12. The lowest BCUT2D eigenvalue weighted by atomic mass is 9.89. The van der Waals surface area contributed by atoms with Gasteiger partial charge in [-0.25, -0.2) is 0 Å². The highest BCUT2D eigenvalue weighted by Crippen LogP contribution is 2.32. The van der Waals surface area contributed by atoms with Gasteiger partial charge in [-0.15, -0.1) is 0 Å². The third-order valence-corrected chi connectivity index (χ3v) is 4.12. The van der Waals surface area contributed by atoms with Crippen LogP contribution in [0.5, 0.6) is 0 Å². The molecule has 4 unspecified atom stereocenters. The van der Waals surface area contributed by atoms with Gasteiger partial charge in [-0.1, -0.05) is 6.92 Å². The fraction of sp³-hybridized carbons (Fsp3) is 1.00. The molecule has 1 fully saturated rings. The van der Waals surface area contributed by atoms with Crippen molar-refractivity contribution in [3.05, 3.63) is 0 Å². The number of ether oxygens (including phenoxy) is 1. The molecule has 3 nitrogen and oxygen atoms in total. The molecule has 0 aromatic heterocycles. The average molecular weight is 256 g/mol. The standard InChI is InChI=1S/C15H32N2O/c1-11-12(2)18-13(3)14(11)10-17(7)9-8-16-15(4,5)6/h11-14,16H,8-10H2,1-7H3. The van der Waals surface area contributed by atoms with Gasteiger partial charge in [-0.3, -0.25) is 0 Å². The predicted molar refractivity (Wildman–Crippen MR) is 77.9 cm³/mol. The predicted octanol–water partition coefficient (Wildman–Crippen LogP) is 2.37. The molecule has 3 heteroatoms.